The van der Waals surface area contributed by atoms with E-state index in [4.69, 9.17) is 0 Å². The normalized spacial score (nSPS) is 12.5. The second kappa shape index (κ2) is 6.69. The van der Waals surface area contributed by atoms with Crippen molar-refractivity contribution in [1.82, 2.24) is 15.7 Å². The van der Waals surface area contributed by atoms with Crippen LogP contribution in [0.25, 0.3) is 10.9 Å². The number of aromatic amines is 1. The van der Waals surface area contributed by atoms with E-state index in [-0.39, 0.29) is 6.04 Å². The number of aromatic nitrogens is 1. The van der Waals surface area contributed by atoms with Gasteiger partial charge in [-0.15, -0.1) is 0 Å². The lowest BCUT2D eigenvalue weighted by molar-refractivity contribution is -0.139. The van der Waals surface area contributed by atoms with E-state index in [1.54, 1.807) is 6.20 Å². The molecule has 0 unspecified atom stereocenters. The van der Waals surface area contributed by atoms with E-state index in [1.807, 2.05) is 38.1 Å². The van der Waals surface area contributed by atoms with Crippen LogP contribution in [0.2, 0.25) is 0 Å². The average molecular weight is 286 g/mol. The lowest BCUT2D eigenvalue weighted by Crippen LogP contribution is -2.41. The van der Waals surface area contributed by atoms with Crippen molar-refractivity contribution >= 4 is 28.9 Å². The molecule has 2 aromatic rings. The summed E-state index contributed by atoms with van der Waals surface area (Å²) >= 11 is 0. The van der Waals surface area contributed by atoms with Crippen LogP contribution in [0.4, 0.5) is 0 Å². The molecule has 0 saturated carbocycles. The number of carbonyl (C=O) groups excluding carboxylic acids is 2. The summed E-state index contributed by atoms with van der Waals surface area (Å²) < 4.78 is 0. The smallest absolute Gasteiger partial charge is 0.329 e. The molecule has 1 atom stereocenters. The molecule has 2 rings (SSSR count). The van der Waals surface area contributed by atoms with Gasteiger partial charge in [-0.25, -0.2) is 5.43 Å². The highest BCUT2D eigenvalue weighted by molar-refractivity contribution is 6.35. The van der Waals surface area contributed by atoms with Gasteiger partial charge in [-0.3, -0.25) is 9.59 Å². The summed E-state index contributed by atoms with van der Waals surface area (Å²) in [4.78, 5) is 26.2. The first-order valence-electron chi connectivity index (χ1n) is 6.81. The Hall–Kier alpha value is -2.63. The first kappa shape index (κ1) is 14.8. The highest BCUT2D eigenvalue weighted by atomic mass is 16.2. The van der Waals surface area contributed by atoms with E-state index < -0.39 is 11.8 Å². The molecule has 0 aliphatic heterocycles. The van der Waals surface area contributed by atoms with Crippen LogP contribution in [-0.2, 0) is 9.59 Å². The Morgan fingerprint density at radius 1 is 1.33 bits per heavy atom. The Morgan fingerprint density at radius 3 is 2.86 bits per heavy atom. The standard InChI is InChI=1S/C15H18N4O2/c1-3-10(2)18-14(20)15(21)19-17-9-11-8-16-13-7-5-4-6-12(11)13/h4-10,16H,3H2,1-2H3,(H,18,20)(H,19,21)/b17-9+/t10-/m1/s1. The van der Waals surface area contributed by atoms with Crippen molar-refractivity contribution in [2.24, 2.45) is 5.10 Å². The number of amides is 2. The van der Waals surface area contributed by atoms with Gasteiger partial charge in [-0.1, -0.05) is 25.1 Å². The van der Waals surface area contributed by atoms with Crippen LogP contribution in [-0.4, -0.2) is 29.1 Å². The molecule has 0 aliphatic rings. The second-order valence-corrected chi connectivity index (χ2v) is 4.77. The number of hydrazone groups is 1. The molecule has 0 spiro atoms. The van der Waals surface area contributed by atoms with Crippen LogP contribution < -0.4 is 10.7 Å². The fourth-order valence-corrected chi connectivity index (χ4v) is 1.80. The van der Waals surface area contributed by atoms with Crippen LogP contribution in [0.15, 0.2) is 35.6 Å². The van der Waals surface area contributed by atoms with Crippen LogP contribution in [0, 0.1) is 0 Å². The van der Waals surface area contributed by atoms with Gasteiger partial charge in [0.1, 0.15) is 0 Å². The van der Waals surface area contributed by atoms with Crippen molar-refractivity contribution < 1.29 is 9.59 Å². The number of hydrogen-bond acceptors (Lipinski definition) is 3. The number of H-pyrrole nitrogens is 1. The third kappa shape index (κ3) is 3.68. The summed E-state index contributed by atoms with van der Waals surface area (Å²) in [6, 6.07) is 7.71. The van der Waals surface area contributed by atoms with Crippen LogP contribution in [0.5, 0.6) is 0 Å². The minimum atomic E-state index is -0.772. The Bertz CT molecular complexity index is 675. The molecule has 6 nitrogen and oxygen atoms in total. The first-order valence-corrected chi connectivity index (χ1v) is 6.81. The summed E-state index contributed by atoms with van der Waals surface area (Å²) in [6.45, 7) is 3.76. The van der Waals surface area contributed by atoms with E-state index in [0.29, 0.717) is 0 Å². The molecule has 3 N–H and O–H groups in total. The highest BCUT2D eigenvalue weighted by Gasteiger charge is 2.14. The lowest BCUT2D eigenvalue weighted by Gasteiger charge is -2.09. The zero-order valence-corrected chi connectivity index (χ0v) is 12.0. The second-order valence-electron chi connectivity index (χ2n) is 4.77. The van der Waals surface area contributed by atoms with Gasteiger partial charge < -0.3 is 10.3 Å². The predicted octanol–water partition coefficient (Wildman–Crippen LogP) is 1.53. The van der Waals surface area contributed by atoms with Gasteiger partial charge in [0.25, 0.3) is 0 Å². The Labute approximate surface area is 122 Å². The van der Waals surface area contributed by atoms with Crippen molar-refractivity contribution in [3.05, 3.63) is 36.0 Å². The number of carbonyl (C=O) groups is 2. The fraction of sp³-hybridized carbons (Fsp3) is 0.267. The SMILES string of the molecule is CC[C@@H](C)NC(=O)C(=O)N/N=C/c1c[nH]c2ccccc12. The van der Waals surface area contributed by atoms with E-state index >= 15 is 0 Å². The zero-order chi connectivity index (χ0) is 15.2. The molecule has 21 heavy (non-hydrogen) atoms. The number of benzene rings is 1. The highest BCUT2D eigenvalue weighted by Crippen LogP contribution is 2.15. The number of hydrogen-bond donors (Lipinski definition) is 3. The average Bonchev–Trinajstić information content (AvgIpc) is 2.90. The molecular weight excluding hydrogens is 268 g/mol. The minimum absolute atomic E-state index is 0.0409. The first-order chi connectivity index (χ1) is 10.1. The molecule has 0 aliphatic carbocycles. The zero-order valence-electron chi connectivity index (χ0n) is 12.0. The Balaban J connectivity index is 1.96. The van der Waals surface area contributed by atoms with Gasteiger partial charge in [0, 0.05) is 28.7 Å². The summed E-state index contributed by atoms with van der Waals surface area (Å²) in [5.74, 6) is -1.45. The van der Waals surface area contributed by atoms with Gasteiger partial charge >= 0.3 is 11.8 Å². The number of nitrogens with zero attached hydrogens (tertiary/aromatic N) is 1. The van der Waals surface area contributed by atoms with Crippen LogP contribution in [0.1, 0.15) is 25.8 Å². The van der Waals surface area contributed by atoms with Crippen molar-refractivity contribution in [2.75, 3.05) is 0 Å². The monoisotopic (exact) mass is 286 g/mol. The molecular formula is C15H18N4O2. The molecule has 6 heteroatoms. The summed E-state index contributed by atoms with van der Waals surface area (Å²) in [5.41, 5.74) is 4.05. The third-order valence-corrected chi connectivity index (χ3v) is 3.19. The minimum Gasteiger partial charge on any atom is -0.361 e. The molecule has 110 valence electrons. The summed E-state index contributed by atoms with van der Waals surface area (Å²) in [5, 5.41) is 7.38. The molecule has 1 heterocycles. The molecule has 1 aromatic carbocycles. The Kier molecular flexibility index (Phi) is 4.71. The van der Waals surface area contributed by atoms with E-state index in [9.17, 15) is 9.59 Å². The quantitative estimate of drug-likeness (QED) is 0.452. The lowest BCUT2D eigenvalue weighted by atomic mass is 10.2. The van der Waals surface area contributed by atoms with Gasteiger partial charge in [0.15, 0.2) is 0 Å². The van der Waals surface area contributed by atoms with E-state index in [1.165, 1.54) is 6.21 Å². The fourth-order valence-electron chi connectivity index (χ4n) is 1.80. The number of nitrogens with one attached hydrogen (secondary N) is 3. The molecule has 0 bridgehead atoms. The van der Waals surface area contributed by atoms with E-state index in [0.717, 1.165) is 22.9 Å². The summed E-state index contributed by atoms with van der Waals surface area (Å²) in [7, 11) is 0. The van der Waals surface area contributed by atoms with Crippen molar-refractivity contribution in [1.29, 1.82) is 0 Å². The van der Waals surface area contributed by atoms with Crippen LogP contribution in [0.3, 0.4) is 0 Å². The van der Waals surface area contributed by atoms with Crippen molar-refractivity contribution in [2.45, 2.75) is 26.3 Å². The largest absolute Gasteiger partial charge is 0.361 e. The molecule has 0 fully saturated rings. The van der Waals surface area contributed by atoms with Crippen LogP contribution >= 0.6 is 0 Å². The molecule has 0 saturated heterocycles. The van der Waals surface area contributed by atoms with Gasteiger partial charge in [-0.2, -0.15) is 5.10 Å². The van der Waals surface area contributed by atoms with Gasteiger partial charge in [0.05, 0.1) is 6.21 Å². The summed E-state index contributed by atoms with van der Waals surface area (Å²) in [6.07, 6.45) is 4.06. The molecule has 0 radical (unpaired) electrons. The van der Waals surface area contributed by atoms with E-state index in [2.05, 4.69) is 20.8 Å². The molecule has 2 amide bonds. The Morgan fingerprint density at radius 2 is 2.10 bits per heavy atom. The van der Waals surface area contributed by atoms with Crippen molar-refractivity contribution in [3.8, 4) is 0 Å². The number of fused-ring (bicyclic) bond motifs is 1. The third-order valence-electron chi connectivity index (χ3n) is 3.19. The predicted molar refractivity (Wildman–Crippen MR) is 81.9 cm³/mol. The molecule has 1 aromatic heterocycles. The number of rotatable bonds is 4. The topological polar surface area (TPSA) is 86.3 Å². The maximum absolute atomic E-state index is 11.5. The maximum atomic E-state index is 11.5. The van der Waals surface area contributed by atoms with Gasteiger partial charge in [0.2, 0.25) is 0 Å². The maximum Gasteiger partial charge on any atom is 0.329 e. The number of para-hydroxylation sites is 1. The van der Waals surface area contributed by atoms with Crippen molar-refractivity contribution in [3.63, 3.8) is 0 Å². The van der Waals surface area contributed by atoms with Gasteiger partial charge in [-0.05, 0) is 19.4 Å².